The minimum absolute atomic E-state index is 0.163. The molecule has 1 aromatic heterocycles. The topological polar surface area (TPSA) is 45.7 Å². The van der Waals surface area contributed by atoms with Crippen molar-refractivity contribution in [2.75, 3.05) is 38.3 Å². The van der Waals surface area contributed by atoms with Gasteiger partial charge in [-0.05, 0) is 42.9 Å². The fourth-order valence-electron chi connectivity index (χ4n) is 4.30. The van der Waals surface area contributed by atoms with Crippen molar-refractivity contribution in [3.8, 4) is 0 Å². The number of rotatable bonds is 7. The van der Waals surface area contributed by atoms with E-state index in [0.717, 1.165) is 31.9 Å². The molecule has 1 fully saturated rings. The van der Waals surface area contributed by atoms with Crippen LogP contribution in [-0.2, 0) is 16.0 Å². The maximum absolute atomic E-state index is 12.5. The van der Waals surface area contributed by atoms with Crippen LogP contribution in [0.15, 0.2) is 36.4 Å². The van der Waals surface area contributed by atoms with Crippen molar-refractivity contribution in [3.63, 3.8) is 0 Å². The van der Waals surface area contributed by atoms with E-state index < -0.39 is 0 Å². The third-order valence-electron chi connectivity index (χ3n) is 5.85. The number of pyridine rings is 1. The van der Waals surface area contributed by atoms with E-state index in [-0.39, 0.29) is 11.9 Å². The van der Waals surface area contributed by atoms with Crippen molar-refractivity contribution in [2.45, 2.75) is 52.5 Å². The van der Waals surface area contributed by atoms with Gasteiger partial charge >= 0.3 is 0 Å². The van der Waals surface area contributed by atoms with Gasteiger partial charge in [0.15, 0.2) is 0 Å². The quantitative estimate of drug-likeness (QED) is 0.688. The van der Waals surface area contributed by atoms with E-state index >= 15 is 0 Å². The highest BCUT2D eigenvalue weighted by Crippen LogP contribution is 2.28. The summed E-state index contributed by atoms with van der Waals surface area (Å²) in [4.78, 5) is 21.9. The molecule has 1 atom stereocenters. The summed E-state index contributed by atoms with van der Waals surface area (Å²) in [5.74, 6) is 1.60. The Morgan fingerprint density at radius 3 is 2.60 bits per heavy atom. The van der Waals surface area contributed by atoms with E-state index in [1.807, 2.05) is 4.90 Å². The Kier molecular flexibility index (Phi) is 7.48. The summed E-state index contributed by atoms with van der Waals surface area (Å²) in [5, 5.41) is 0. The van der Waals surface area contributed by atoms with Crippen molar-refractivity contribution < 1.29 is 9.53 Å². The third-order valence-corrected chi connectivity index (χ3v) is 5.85. The van der Waals surface area contributed by atoms with Crippen LogP contribution in [0, 0.1) is 6.92 Å². The molecule has 1 unspecified atom stereocenters. The van der Waals surface area contributed by atoms with Gasteiger partial charge in [-0.25, -0.2) is 4.98 Å². The smallest absolute Gasteiger partial charge is 0.225 e. The average molecular weight is 410 g/mol. The molecule has 30 heavy (non-hydrogen) atoms. The van der Waals surface area contributed by atoms with Gasteiger partial charge in [0.1, 0.15) is 5.82 Å². The summed E-state index contributed by atoms with van der Waals surface area (Å²) >= 11 is 0. The largest absolute Gasteiger partial charge is 0.384 e. The molecule has 0 saturated carbocycles. The zero-order valence-corrected chi connectivity index (χ0v) is 19.0. The van der Waals surface area contributed by atoms with Gasteiger partial charge in [-0.2, -0.15) is 0 Å². The van der Waals surface area contributed by atoms with E-state index in [9.17, 15) is 4.79 Å². The first kappa shape index (κ1) is 22.3. The lowest BCUT2D eigenvalue weighted by Crippen LogP contribution is -2.54. The Bertz CT molecular complexity index is 851. The van der Waals surface area contributed by atoms with Gasteiger partial charge in [0.25, 0.3) is 0 Å². The number of ether oxygens (including phenoxy) is 1. The Hall–Kier alpha value is -2.40. The zero-order chi connectivity index (χ0) is 21.7. The summed E-state index contributed by atoms with van der Waals surface area (Å²) in [6.45, 7) is 11.5. The molecule has 0 spiro atoms. The van der Waals surface area contributed by atoms with Gasteiger partial charge in [-0.1, -0.05) is 50.2 Å². The maximum Gasteiger partial charge on any atom is 0.225 e. The number of aromatic nitrogens is 1. The van der Waals surface area contributed by atoms with E-state index in [2.05, 4.69) is 69.0 Å². The normalized spacial score (nSPS) is 16.9. The molecule has 0 N–H and O–H groups in total. The molecule has 1 aliphatic heterocycles. The second-order valence-corrected chi connectivity index (χ2v) is 8.62. The van der Waals surface area contributed by atoms with E-state index in [1.54, 1.807) is 7.11 Å². The summed E-state index contributed by atoms with van der Waals surface area (Å²) < 4.78 is 5.07. The number of carbonyl (C=O) groups is 1. The minimum Gasteiger partial charge on any atom is -0.384 e. The lowest BCUT2D eigenvalue weighted by molar-refractivity contribution is -0.134. The Morgan fingerprint density at radius 2 is 1.97 bits per heavy atom. The van der Waals surface area contributed by atoms with Crippen LogP contribution in [0.4, 0.5) is 5.82 Å². The van der Waals surface area contributed by atoms with Gasteiger partial charge in [0.05, 0.1) is 13.0 Å². The summed E-state index contributed by atoms with van der Waals surface area (Å²) in [6, 6.07) is 13.1. The maximum atomic E-state index is 12.5. The fraction of sp³-hybridized carbons (Fsp3) is 0.520. The number of carbonyl (C=O) groups excluding carboxylic acids is 1. The van der Waals surface area contributed by atoms with Gasteiger partial charge in [0, 0.05) is 38.5 Å². The number of anilines is 1. The van der Waals surface area contributed by atoms with E-state index in [1.165, 1.54) is 22.4 Å². The lowest BCUT2D eigenvalue weighted by atomic mass is 9.96. The van der Waals surface area contributed by atoms with Crippen LogP contribution in [0.25, 0.3) is 0 Å². The second kappa shape index (κ2) is 10.1. The van der Waals surface area contributed by atoms with Crippen LogP contribution < -0.4 is 4.90 Å². The predicted octanol–water partition coefficient (Wildman–Crippen LogP) is 4.18. The first-order valence-corrected chi connectivity index (χ1v) is 11.0. The van der Waals surface area contributed by atoms with Crippen LogP contribution in [-0.4, -0.2) is 55.2 Å². The van der Waals surface area contributed by atoms with Crippen molar-refractivity contribution >= 4 is 11.7 Å². The van der Waals surface area contributed by atoms with E-state index in [0.29, 0.717) is 18.9 Å². The average Bonchev–Trinajstić information content (AvgIpc) is 2.72. The fourth-order valence-corrected chi connectivity index (χ4v) is 4.30. The molecule has 1 aliphatic rings. The summed E-state index contributed by atoms with van der Waals surface area (Å²) in [6.07, 6.45) is 1.35. The Labute approximate surface area is 181 Å². The van der Waals surface area contributed by atoms with Crippen molar-refractivity contribution in [1.82, 2.24) is 9.88 Å². The monoisotopic (exact) mass is 409 g/mol. The highest BCUT2D eigenvalue weighted by molar-refractivity contribution is 5.77. The Balaban J connectivity index is 1.79. The molecule has 3 rings (SSSR count). The van der Waals surface area contributed by atoms with Crippen LogP contribution in [0.2, 0.25) is 0 Å². The third kappa shape index (κ3) is 5.20. The van der Waals surface area contributed by atoms with Gasteiger partial charge < -0.3 is 14.5 Å². The molecule has 1 aromatic carbocycles. The summed E-state index contributed by atoms with van der Waals surface area (Å²) in [7, 11) is 1.64. The molecule has 2 heterocycles. The second-order valence-electron chi connectivity index (χ2n) is 8.62. The number of piperazine rings is 1. The molecule has 162 valence electrons. The number of benzene rings is 1. The zero-order valence-electron chi connectivity index (χ0n) is 19.0. The van der Waals surface area contributed by atoms with Gasteiger partial charge in [-0.3, -0.25) is 4.79 Å². The molecule has 0 radical (unpaired) electrons. The molecule has 0 aliphatic carbocycles. The number of hydrogen-bond donors (Lipinski definition) is 0. The molecular weight excluding hydrogens is 374 g/mol. The highest BCUT2D eigenvalue weighted by atomic mass is 16.5. The lowest BCUT2D eigenvalue weighted by Gasteiger charge is -2.41. The number of methoxy groups -OCH3 is 1. The first-order valence-electron chi connectivity index (χ1n) is 11.0. The van der Waals surface area contributed by atoms with Crippen molar-refractivity contribution in [3.05, 3.63) is 58.8 Å². The Morgan fingerprint density at radius 1 is 1.23 bits per heavy atom. The SMILES string of the molecule is COCCC(=O)N1CCN(c2nc(C(C)C)c(Cc3ccccc3)cc2C)CC1C. The number of nitrogens with zero attached hydrogens (tertiary/aromatic N) is 3. The van der Waals surface area contributed by atoms with Gasteiger partial charge in [-0.15, -0.1) is 0 Å². The van der Waals surface area contributed by atoms with E-state index in [4.69, 9.17) is 9.72 Å². The van der Waals surface area contributed by atoms with Crippen molar-refractivity contribution in [1.29, 1.82) is 0 Å². The molecule has 1 amide bonds. The van der Waals surface area contributed by atoms with Crippen LogP contribution in [0.3, 0.4) is 0 Å². The number of hydrogen-bond acceptors (Lipinski definition) is 4. The van der Waals surface area contributed by atoms with Gasteiger partial charge in [0.2, 0.25) is 5.91 Å². The minimum atomic E-state index is 0.163. The van der Waals surface area contributed by atoms with Crippen LogP contribution >= 0.6 is 0 Å². The molecular formula is C25H35N3O2. The highest BCUT2D eigenvalue weighted by Gasteiger charge is 2.29. The van der Waals surface area contributed by atoms with Crippen LogP contribution in [0.5, 0.6) is 0 Å². The molecule has 2 aromatic rings. The van der Waals surface area contributed by atoms with Crippen LogP contribution in [0.1, 0.15) is 55.5 Å². The molecule has 0 bridgehead atoms. The summed E-state index contributed by atoms with van der Waals surface area (Å²) in [5.41, 5.74) is 4.99. The molecule has 5 nitrogen and oxygen atoms in total. The van der Waals surface area contributed by atoms with Crippen molar-refractivity contribution in [2.24, 2.45) is 0 Å². The number of aryl methyl sites for hydroxylation is 1. The predicted molar refractivity (Wildman–Crippen MR) is 122 cm³/mol. The molecule has 1 saturated heterocycles. The first-order chi connectivity index (χ1) is 14.4. The molecule has 5 heteroatoms. The number of amides is 1. The standard InChI is InChI=1S/C25H35N3O2/c1-18(2)24-22(16-21-9-7-6-8-10-21)15-19(3)25(26-24)27-12-13-28(20(4)17-27)23(29)11-14-30-5/h6-10,15,18,20H,11-14,16-17H2,1-5H3.